The van der Waals surface area contributed by atoms with E-state index >= 15 is 0 Å². The number of carbonyl (C=O) groups excluding carboxylic acids is 2. The van der Waals surface area contributed by atoms with Crippen molar-refractivity contribution in [2.75, 3.05) is 4.90 Å². The van der Waals surface area contributed by atoms with Gasteiger partial charge in [-0.1, -0.05) is 41.9 Å². The molecule has 0 fully saturated rings. The number of nitro groups is 1. The summed E-state index contributed by atoms with van der Waals surface area (Å²) in [6.45, 7) is 4.03. The molecule has 4 rings (SSSR count). The molecule has 1 heterocycles. The van der Waals surface area contributed by atoms with Crippen molar-refractivity contribution in [2.24, 2.45) is 16.9 Å². The first-order valence-corrected chi connectivity index (χ1v) is 11.2. The van der Waals surface area contributed by atoms with E-state index in [1.54, 1.807) is 17.0 Å². The molecule has 0 saturated heterocycles. The zero-order valence-corrected chi connectivity index (χ0v) is 19.8. The Morgan fingerprint density at radius 2 is 1.73 bits per heavy atom. The summed E-state index contributed by atoms with van der Waals surface area (Å²) in [6, 6.07) is 13.2. The Bertz CT molecular complexity index is 1230. The van der Waals surface area contributed by atoms with E-state index in [9.17, 15) is 19.7 Å². The Hall–Kier alpha value is -3.46. The summed E-state index contributed by atoms with van der Waals surface area (Å²) >= 11 is 3.42. The molecular formula is C24H23BrN4O4. The predicted molar refractivity (Wildman–Crippen MR) is 128 cm³/mol. The molecule has 1 atom stereocenters. The summed E-state index contributed by atoms with van der Waals surface area (Å²) < 4.78 is 0.874. The Morgan fingerprint density at radius 3 is 2.27 bits per heavy atom. The molecule has 0 spiro atoms. The minimum Gasteiger partial charge on any atom is -0.384 e. The van der Waals surface area contributed by atoms with Gasteiger partial charge in [-0.15, -0.1) is 0 Å². The maximum atomic E-state index is 13.5. The zero-order valence-electron chi connectivity index (χ0n) is 18.2. The Balaban J connectivity index is 1.99. The molecular weight excluding hydrogens is 488 g/mol. The first-order valence-electron chi connectivity index (χ1n) is 10.4. The smallest absolute Gasteiger partial charge is 0.269 e. The number of benzene rings is 2. The third-order valence-electron chi connectivity index (χ3n) is 6.05. The van der Waals surface area contributed by atoms with Gasteiger partial charge in [-0.2, -0.15) is 0 Å². The van der Waals surface area contributed by atoms with Crippen LogP contribution in [0.25, 0.3) is 0 Å². The number of nitrogens with two attached hydrogens (primary N) is 2. The molecule has 8 nitrogen and oxygen atoms in total. The van der Waals surface area contributed by atoms with Crippen LogP contribution < -0.4 is 16.4 Å². The number of amides is 1. The summed E-state index contributed by atoms with van der Waals surface area (Å²) in [4.78, 5) is 38.5. The van der Waals surface area contributed by atoms with E-state index in [1.165, 1.54) is 12.1 Å². The van der Waals surface area contributed by atoms with Crippen molar-refractivity contribution in [2.45, 2.75) is 32.6 Å². The van der Waals surface area contributed by atoms with Crippen molar-refractivity contribution >= 4 is 39.0 Å². The number of non-ortho nitro benzene ring substituents is 1. The number of nitro benzene ring substituents is 1. The number of hydrogen-bond donors (Lipinski definition) is 2. The Kier molecular flexibility index (Phi) is 5.61. The molecule has 0 saturated carbocycles. The fourth-order valence-electron chi connectivity index (χ4n) is 4.66. The molecule has 2 aromatic carbocycles. The van der Waals surface area contributed by atoms with Crippen LogP contribution in [0, 0.1) is 15.5 Å². The maximum absolute atomic E-state index is 13.5. The van der Waals surface area contributed by atoms with Crippen molar-refractivity contribution in [3.63, 3.8) is 0 Å². The summed E-state index contributed by atoms with van der Waals surface area (Å²) in [7, 11) is 0. The van der Waals surface area contributed by atoms with Gasteiger partial charge >= 0.3 is 0 Å². The highest BCUT2D eigenvalue weighted by atomic mass is 79.9. The number of allylic oxidation sites excluding steroid dienone is 2. The van der Waals surface area contributed by atoms with Gasteiger partial charge in [0.1, 0.15) is 5.82 Å². The second kappa shape index (κ2) is 8.15. The largest absolute Gasteiger partial charge is 0.384 e. The van der Waals surface area contributed by atoms with Crippen LogP contribution in [0.2, 0.25) is 0 Å². The molecule has 1 amide bonds. The van der Waals surface area contributed by atoms with Crippen LogP contribution in [-0.4, -0.2) is 16.6 Å². The lowest BCUT2D eigenvalue weighted by Gasteiger charge is -2.44. The second-order valence-electron chi connectivity index (χ2n) is 9.06. The highest BCUT2D eigenvalue weighted by Gasteiger charge is 2.45. The number of halogens is 1. The standard InChI is InChI=1S/C24H23BrN4O4/c1-24(2)11-17-20(18(30)12-24)19(13-3-7-16(8-4-13)29(32)33)21(23(27)31)22(26)28(17)15-9-5-14(25)6-10-15/h3-10,19H,11-12,26H2,1-2H3,(H2,27,31). The fourth-order valence-corrected chi connectivity index (χ4v) is 4.93. The highest BCUT2D eigenvalue weighted by Crippen LogP contribution is 2.50. The third-order valence-corrected chi connectivity index (χ3v) is 6.58. The molecule has 0 bridgehead atoms. The molecule has 0 aromatic heterocycles. The van der Waals surface area contributed by atoms with Gasteiger partial charge in [-0.3, -0.25) is 24.6 Å². The topological polar surface area (TPSA) is 133 Å². The number of Topliss-reactive ketones (excluding diaryl/α,β-unsaturated/α-hetero) is 1. The number of anilines is 1. The molecule has 4 N–H and O–H groups in total. The van der Waals surface area contributed by atoms with Gasteiger partial charge in [0.2, 0.25) is 5.91 Å². The van der Waals surface area contributed by atoms with E-state index in [0.717, 1.165) is 4.47 Å². The lowest BCUT2D eigenvalue weighted by molar-refractivity contribution is -0.384. The van der Waals surface area contributed by atoms with E-state index in [-0.39, 0.29) is 28.3 Å². The molecule has 1 aliphatic carbocycles. The second-order valence-corrected chi connectivity index (χ2v) is 9.97. The van der Waals surface area contributed by atoms with E-state index in [1.807, 2.05) is 38.1 Å². The van der Waals surface area contributed by atoms with Gasteiger partial charge < -0.3 is 11.5 Å². The molecule has 33 heavy (non-hydrogen) atoms. The first kappa shape index (κ1) is 22.7. The third kappa shape index (κ3) is 4.04. The quantitative estimate of drug-likeness (QED) is 0.466. The number of hydrogen-bond acceptors (Lipinski definition) is 6. The van der Waals surface area contributed by atoms with Gasteiger partial charge in [0.25, 0.3) is 5.69 Å². The van der Waals surface area contributed by atoms with Crippen LogP contribution in [0.4, 0.5) is 11.4 Å². The summed E-state index contributed by atoms with van der Waals surface area (Å²) in [5.74, 6) is -1.49. The van der Waals surface area contributed by atoms with Crippen molar-refractivity contribution in [3.05, 3.63) is 91.3 Å². The van der Waals surface area contributed by atoms with E-state index in [0.29, 0.717) is 35.4 Å². The van der Waals surface area contributed by atoms with Crippen LogP contribution in [0.15, 0.2) is 75.7 Å². The average Bonchev–Trinajstić information content (AvgIpc) is 2.73. The van der Waals surface area contributed by atoms with Gasteiger partial charge in [-0.05, 0) is 41.7 Å². The zero-order chi connectivity index (χ0) is 24.1. The minimum absolute atomic E-state index is 0.0890. The van der Waals surface area contributed by atoms with Crippen molar-refractivity contribution in [1.82, 2.24) is 0 Å². The minimum atomic E-state index is -0.798. The van der Waals surface area contributed by atoms with Gasteiger partial charge in [-0.25, -0.2) is 0 Å². The Labute approximate surface area is 199 Å². The number of carbonyl (C=O) groups is 2. The van der Waals surface area contributed by atoms with Crippen molar-refractivity contribution in [1.29, 1.82) is 0 Å². The lowest BCUT2D eigenvalue weighted by atomic mass is 9.68. The average molecular weight is 511 g/mol. The maximum Gasteiger partial charge on any atom is 0.269 e. The number of rotatable bonds is 4. The van der Waals surface area contributed by atoms with Gasteiger partial charge in [0.05, 0.1) is 10.5 Å². The number of primary amides is 1. The monoisotopic (exact) mass is 510 g/mol. The molecule has 170 valence electrons. The molecule has 9 heteroatoms. The molecule has 1 unspecified atom stereocenters. The SMILES string of the molecule is CC1(C)CC(=O)C2=C(C1)N(c1ccc(Br)cc1)C(N)=C(C(N)=O)C2c1ccc([N+](=O)[O-])cc1. The summed E-state index contributed by atoms with van der Waals surface area (Å²) in [5.41, 5.74) is 14.5. The highest BCUT2D eigenvalue weighted by molar-refractivity contribution is 9.10. The number of ketones is 1. The van der Waals surface area contributed by atoms with Crippen LogP contribution in [0.1, 0.15) is 38.2 Å². The van der Waals surface area contributed by atoms with Gasteiger partial charge in [0, 0.05) is 45.9 Å². The van der Waals surface area contributed by atoms with Crippen molar-refractivity contribution in [3.8, 4) is 0 Å². The predicted octanol–water partition coefficient (Wildman–Crippen LogP) is 4.26. The van der Waals surface area contributed by atoms with E-state index in [2.05, 4.69) is 15.9 Å². The van der Waals surface area contributed by atoms with Crippen LogP contribution in [-0.2, 0) is 9.59 Å². The lowest BCUT2D eigenvalue weighted by Crippen LogP contribution is -2.44. The molecule has 1 aliphatic heterocycles. The van der Waals surface area contributed by atoms with Crippen LogP contribution in [0.3, 0.4) is 0 Å². The number of nitrogens with zero attached hydrogens (tertiary/aromatic N) is 2. The Morgan fingerprint density at radius 1 is 1.12 bits per heavy atom. The van der Waals surface area contributed by atoms with E-state index in [4.69, 9.17) is 11.5 Å². The van der Waals surface area contributed by atoms with E-state index < -0.39 is 16.7 Å². The first-order chi connectivity index (χ1) is 15.5. The van der Waals surface area contributed by atoms with Crippen molar-refractivity contribution < 1.29 is 14.5 Å². The molecule has 0 radical (unpaired) electrons. The molecule has 2 aromatic rings. The fraction of sp³-hybridized carbons (Fsp3) is 0.250. The van der Waals surface area contributed by atoms with Crippen LogP contribution >= 0.6 is 15.9 Å². The van der Waals surface area contributed by atoms with Gasteiger partial charge in [0.15, 0.2) is 5.78 Å². The van der Waals surface area contributed by atoms with Crippen LogP contribution in [0.5, 0.6) is 0 Å². The summed E-state index contributed by atoms with van der Waals surface area (Å²) in [6.07, 6.45) is 0.857. The summed E-state index contributed by atoms with van der Waals surface area (Å²) in [5, 5.41) is 11.1. The normalized spacial score (nSPS) is 20.0. The molecule has 2 aliphatic rings.